The minimum Gasteiger partial charge on any atom is -0.492 e. The van der Waals surface area contributed by atoms with E-state index in [1.807, 2.05) is 24.3 Å². The van der Waals surface area contributed by atoms with Crippen molar-refractivity contribution in [1.82, 2.24) is 4.90 Å². The molecule has 0 bridgehead atoms. The van der Waals surface area contributed by atoms with E-state index in [1.54, 1.807) is 0 Å². The summed E-state index contributed by atoms with van der Waals surface area (Å²) in [4.78, 5) is 2.43. The van der Waals surface area contributed by atoms with E-state index in [0.29, 0.717) is 12.7 Å². The van der Waals surface area contributed by atoms with Crippen molar-refractivity contribution in [3.05, 3.63) is 24.3 Å². The Morgan fingerprint density at radius 3 is 2.79 bits per heavy atom. The van der Waals surface area contributed by atoms with E-state index >= 15 is 0 Å². The van der Waals surface area contributed by atoms with Gasteiger partial charge in [-0.15, -0.1) is 0 Å². The van der Waals surface area contributed by atoms with Crippen LogP contribution in [0.25, 0.3) is 0 Å². The van der Waals surface area contributed by atoms with Gasteiger partial charge in [0.1, 0.15) is 12.4 Å². The van der Waals surface area contributed by atoms with Crippen LogP contribution in [0.1, 0.15) is 19.8 Å². The van der Waals surface area contributed by atoms with Gasteiger partial charge in [-0.25, -0.2) is 0 Å². The first-order valence-electron chi connectivity index (χ1n) is 7.10. The fourth-order valence-electron chi connectivity index (χ4n) is 2.43. The summed E-state index contributed by atoms with van der Waals surface area (Å²) >= 11 is 0. The quantitative estimate of drug-likeness (QED) is 0.800. The van der Waals surface area contributed by atoms with Crippen LogP contribution < -0.4 is 10.5 Å². The Bertz CT molecular complexity index is 376. The molecule has 1 fully saturated rings. The second kappa shape index (κ2) is 7.36. The Balaban J connectivity index is 1.64. The first-order chi connectivity index (χ1) is 9.28. The molecule has 4 heteroatoms. The molecule has 0 aromatic heterocycles. The number of piperidine rings is 1. The lowest BCUT2D eigenvalue weighted by Crippen LogP contribution is -2.39. The molecule has 0 saturated carbocycles. The average Bonchev–Trinajstić information content (AvgIpc) is 2.41. The lowest BCUT2D eigenvalue weighted by molar-refractivity contribution is 0.0119. The fourth-order valence-corrected chi connectivity index (χ4v) is 2.43. The Kier molecular flexibility index (Phi) is 5.48. The number of rotatable bonds is 6. The molecule has 0 radical (unpaired) electrons. The number of anilines is 1. The fraction of sp³-hybridized carbons (Fsp3) is 0.600. The summed E-state index contributed by atoms with van der Waals surface area (Å²) in [6.07, 6.45) is 2.72. The summed E-state index contributed by atoms with van der Waals surface area (Å²) in [6, 6.07) is 7.59. The molecule has 0 aliphatic carbocycles. The molecule has 0 spiro atoms. The summed E-state index contributed by atoms with van der Waals surface area (Å²) in [5.41, 5.74) is 6.46. The zero-order valence-corrected chi connectivity index (χ0v) is 11.7. The molecule has 106 valence electrons. The molecule has 0 amide bonds. The number of benzene rings is 1. The van der Waals surface area contributed by atoms with Gasteiger partial charge in [-0.1, -0.05) is 6.07 Å². The lowest BCUT2D eigenvalue weighted by Gasteiger charge is -2.31. The molecule has 1 saturated heterocycles. The SMILES string of the molecule is CCOC1CCN(CCOc2cccc(N)c2)CC1. The van der Waals surface area contributed by atoms with Gasteiger partial charge >= 0.3 is 0 Å². The number of nitrogens with two attached hydrogens (primary N) is 1. The predicted molar refractivity (Wildman–Crippen MR) is 77.4 cm³/mol. The Labute approximate surface area is 115 Å². The molecule has 19 heavy (non-hydrogen) atoms. The second-order valence-corrected chi connectivity index (χ2v) is 4.92. The Hall–Kier alpha value is -1.26. The molecule has 1 heterocycles. The molecule has 2 N–H and O–H groups in total. The molecule has 1 aromatic carbocycles. The summed E-state index contributed by atoms with van der Waals surface area (Å²) in [5.74, 6) is 0.851. The monoisotopic (exact) mass is 264 g/mol. The maximum Gasteiger partial charge on any atom is 0.121 e. The van der Waals surface area contributed by atoms with E-state index in [0.717, 1.165) is 50.5 Å². The van der Waals surface area contributed by atoms with Crippen molar-refractivity contribution >= 4 is 5.69 Å². The zero-order valence-electron chi connectivity index (χ0n) is 11.7. The van der Waals surface area contributed by atoms with Crippen molar-refractivity contribution in [2.45, 2.75) is 25.9 Å². The summed E-state index contributed by atoms with van der Waals surface area (Å²) in [5, 5.41) is 0. The van der Waals surface area contributed by atoms with E-state index in [4.69, 9.17) is 15.2 Å². The number of ether oxygens (including phenoxy) is 2. The number of nitrogens with zero attached hydrogens (tertiary/aromatic N) is 1. The maximum atomic E-state index is 5.71. The van der Waals surface area contributed by atoms with Crippen LogP contribution in [0.3, 0.4) is 0 Å². The highest BCUT2D eigenvalue weighted by molar-refractivity contribution is 5.43. The van der Waals surface area contributed by atoms with E-state index in [2.05, 4.69) is 11.8 Å². The highest BCUT2D eigenvalue weighted by Crippen LogP contribution is 2.16. The van der Waals surface area contributed by atoms with Gasteiger partial charge < -0.3 is 15.2 Å². The first-order valence-corrected chi connectivity index (χ1v) is 7.10. The third kappa shape index (κ3) is 4.73. The third-order valence-electron chi connectivity index (χ3n) is 3.47. The topological polar surface area (TPSA) is 47.7 Å². The number of hydrogen-bond acceptors (Lipinski definition) is 4. The minimum absolute atomic E-state index is 0.455. The third-order valence-corrected chi connectivity index (χ3v) is 3.47. The second-order valence-electron chi connectivity index (χ2n) is 4.92. The van der Waals surface area contributed by atoms with Gasteiger partial charge in [0.25, 0.3) is 0 Å². The smallest absolute Gasteiger partial charge is 0.121 e. The molecule has 0 atom stereocenters. The Morgan fingerprint density at radius 1 is 1.32 bits per heavy atom. The molecule has 1 aliphatic heterocycles. The van der Waals surface area contributed by atoms with Crippen LogP contribution in [0.2, 0.25) is 0 Å². The lowest BCUT2D eigenvalue weighted by atomic mass is 10.1. The van der Waals surface area contributed by atoms with E-state index in [-0.39, 0.29) is 0 Å². The van der Waals surface area contributed by atoms with Gasteiger partial charge in [-0.2, -0.15) is 0 Å². The minimum atomic E-state index is 0.455. The van der Waals surface area contributed by atoms with Crippen LogP contribution in [-0.2, 0) is 4.74 Å². The van der Waals surface area contributed by atoms with Crippen LogP contribution in [-0.4, -0.2) is 43.9 Å². The van der Waals surface area contributed by atoms with Crippen LogP contribution in [0.15, 0.2) is 24.3 Å². The molecular weight excluding hydrogens is 240 g/mol. The largest absolute Gasteiger partial charge is 0.492 e. The molecule has 4 nitrogen and oxygen atoms in total. The maximum absolute atomic E-state index is 5.71. The molecular formula is C15H24N2O2. The van der Waals surface area contributed by atoms with Crippen LogP contribution in [0.5, 0.6) is 5.75 Å². The van der Waals surface area contributed by atoms with Crippen molar-refractivity contribution in [3.63, 3.8) is 0 Å². The van der Waals surface area contributed by atoms with Crippen molar-refractivity contribution in [3.8, 4) is 5.75 Å². The highest BCUT2D eigenvalue weighted by Gasteiger charge is 2.18. The standard InChI is InChI=1S/C15H24N2O2/c1-2-18-14-6-8-17(9-7-14)10-11-19-15-5-3-4-13(16)12-15/h3-5,12,14H,2,6-11,16H2,1H3. The van der Waals surface area contributed by atoms with Crippen LogP contribution >= 0.6 is 0 Å². The normalized spacial score (nSPS) is 17.5. The van der Waals surface area contributed by atoms with Gasteiger partial charge in [0, 0.05) is 38.0 Å². The summed E-state index contributed by atoms with van der Waals surface area (Å²) < 4.78 is 11.4. The van der Waals surface area contributed by atoms with Crippen molar-refractivity contribution in [2.75, 3.05) is 38.6 Å². The summed E-state index contributed by atoms with van der Waals surface area (Å²) in [6.45, 7) is 6.77. The number of nitrogen functional groups attached to an aromatic ring is 1. The van der Waals surface area contributed by atoms with Crippen LogP contribution in [0, 0.1) is 0 Å². The predicted octanol–water partition coefficient (Wildman–Crippen LogP) is 2.15. The zero-order chi connectivity index (χ0) is 13.5. The average molecular weight is 264 g/mol. The van der Waals surface area contributed by atoms with Crippen molar-refractivity contribution < 1.29 is 9.47 Å². The number of likely N-dealkylation sites (tertiary alicyclic amines) is 1. The Morgan fingerprint density at radius 2 is 2.11 bits per heavy atom. The summed E-state index contributed by atoms with van der Waals surface area (Å²) in [7, 11) is 0. The van der Waals surface area contributed by atoms with Gasteiger partial charge in [0.15, 0.2) is 0 Å². The molecule has 0 unspecified atom stereocenters. The van der Waals surface area contributed by atoms with Gasteiger partial charge in [-0.3, -0.25) is 4.90 Å². The van der Waals surface area contributed by atoms with Gasteiger partial charge in [0.2, 0.25) is 0 Å². The molecule has 2 rings (SSSR count). The van der Waals surface area contributed by atoms with E-state index in [9.17, 15) is 0 Å². The molecule has 1 aliphatic rings. The molecule has 1 aromatic rings. The van der Waals surface area contributed by atoms with Gasteiger partial charge in [-0.05, 0) is 31.9 Å². The van der Waals surface area contributed by atoms with Crippen molar-refractivity contribution in [1.29, 1.82) is 0 Å². The van der Waals surface area contributed by atoms with Crippen LogP contribution in [0.4, 0.5) is 5.69 Å². The highest BCUT2D eigenvalue weighted by atomic mass is 16.5. The van der Waals surface area contributed by atoms with Crippen molar-refractivity contribution in [2.24, 2.45) is 0 Å². The first kappa shape index (κ1) is 14.2. The number of hydrogen-bond donors (Lipinski definition) is 1. The van der Waals surface area contributed by atoms with E-state index < -0.39 is 0 Å². The van der Waals surface area contributed by atoms with E-state index in [1.165, 1.54) is 0 Å². The van der Waals surface area contributed by atoms with Gasteiger partial charge in [0.05, 0.1) is 6.10 Å².